The molecule has 4 rings (SSSR count). The average Bonchev–Trinajstić information content (AvgIpc) is 3.22. The fraction of sp³-hybridized carbons (Fsp3) is 0.357. The normalized spacial score (nSPS) is 22.9. The predicted octanol–water partition coefficient (Wildman–Crippen LogP) is 7.44. The van der Waals surface area contributed by atoms with Crippen LogP contribution in [0.3, 0.4) is 0 Å². The largest absolute Gasteiger partial charge is 0.477 e. The summed E-state index contributed by atoms with van der Waals surface area (Å²) >= 11 is 0. The standard InChI is InChI=1S/C28H30F2N2O/c1-28(2,3)18-33-26-16-13-19(6-5-17-31-26)20-9-11-21(12-10-20)24-14-15-25(32-24)27-22(29)7-4-8-23(27)30/h4,7-13,16-17,24H,5-6,14-15,18H2,1-3H3/b19-13+,26-16+,31-17-. The zero-order valence-electron chi connectivity index (χ0n) is 19.4. The van der Waals surface area contributed by atoms with E-state index in [4.69, 9.17) is 4.74 Å². The van der Waals surface area contributed by atoms with Crippen LogP contribution in [0.5, 0.6) is 0 Å². The molecule has 2 heterocycles. The molecule has 0 aromatic heterocycles. The minimum atomic E-state index is -0.552. The Balaban J connectivity index is 1.50. The molecule has 0 spiro atoms. The SMILES string of the molecule is CC(C)(C)COC1=C/C=C(/c2ccc(C3CCC(c4c(F)cccc4F)=N3)cc2)CC/C=N\1. The predicted molar refractivity (Wildman–Crippen MR) is 131 cm³/mol. The number of rotatable bonds is 5. The highest BCUT2D eigenvalue weighted by Gasteiger charge is 2.24. The first-order chi connectivity index (χ1) is 15.8. The molecular formula is C28H30F2N2O. The quantitative estimate of drug-likeness (QED) is 0.468. The van der Waals surface area contributed by atoms with Crippen LogP contribution in [0.4, 0.5) is 8.78 Å². The molecule has 0 saturated carbocycles. The monoisotopic (exact) mass is 448 g/mol. The van der Waals surface area contributed by atoms with Gasteiger partial charge in [0.1, 0.15) is 11.6 Å². The van der Waals surface area contributed by atoms with Crippen molar-refractivity contribution < 1.29 is 13.5 Å². The van der Waals surface area contributed by atoms with Crippen LogP contribution in [0.1, 0.15) is 69.2 Å². The van der Waals surface area contributed by atoms with Crippen molar-refractivity contribution in [2.45, 2.75) is 52.5 Å². The Hall–Kier alpha value is -3.08. The number of allylic oxidation sites excluding steroid dienone is 3. The fourth-order valence-electron chi connectivity index (χ4n) is 4.00. The van der Waals surface area contributed by atoms with E-state index in [1.807, 2.05) is 12.3 Å². The molecule has 2 aromatic rings. The Labute approximate surface area is 194 Å². The summed E-state index contributed by atoms with van der Waals surface area (Å²) in [7, 11) is 0. The summed E-state index contributed by atoms with van der Waals surface area (Å²) in [5.41, 5.74) is 4.00. The van der Waals surface area contributed by atoms with Crippen LogP contribution in [0.15, 0.2) is 70.5 Å². The van der Waals surface area contributed by atoms with E-state index < -0.39 is 11.6 Å². The highest BCUT2D eigenvalue weighted by atomic mass is 19.1. The molecule has 0 bridgehead atoms. The van der Waals surface area contributed by atoms with Gasteiger partial charge in [-0.15, -0.1) is 0 Å². The van der Waals surface area contributed by atoms with Crippen molar-refractivity contribution >= 4 is 17.5 Å². The van der Waals surface area contributed by atoms with E-state index in [1.165, 1.54) is 23.8 Å². The second kappa shape index (κ2) is 9.82. The smallest absolute Gasteiger partial charge is 0.212 e. The Morgan fingerprint density at radius 3 is 2.39 bits per heavy atom. The van der Waals surface area contributed by atoms with Gasteiger partial charge in [0.15, 0.2) is 0 Å². The Bertz CT molecular complexity index is 1100. The van der Waals surface area contributed by atoms with Gasteiger partial charge in [-0.25, -0.2) is 13.8 Å². The highest BCUT2D eigenvalue weighted by molar-refractivity contribution is 6.02. The highest BCUT2D eigenvalue weighted by Crippen LogP contribution is 2.33. The van der Waals surface area contributed by atoms with Crippen LogP contribution < -0.4 is 0 Å². The average molecular weight is 449 g/mol. The molecular weight excluding hydrogens is 418 g/mol. The third kappa shape index (κ3) is 5.84. The van der Waals surface area contributed by atoms with Crippen molar-refractivity contribution in [1.82, 2.24) is 0 Å². The van der Waals surface area contributed by atoms with Crippen molar-refractivity contribution in [1.29, 1.82) is 0 Å². The maximum atomic E-state index is 14.1. The summed E-state index contributed by atoms with van der Waals surface area (Å²) in [6.07, 6.45) is 8.97. The van der Waals surface area contributed by atoms with E-state index in [2.05, 4.69) is 61.1 Å². The lowest BCUT2D eigenvalue weighted by atomic mass is 9.96. The molecule has 172 valence electrons. The molecule has 3 nitrogen and oxygen atoms in total. The maximum absolute atomic E-state index is 14.1. The van der Waals surface area contributed by atoms with Crippen LogP contribution in [0.25, 0.3) is 5.57 Å². The second-order valence-electron chi connectivity index (χ2n) is 9.75. The van der Waals surface area contributed by atoms with Gasteiger partial charge in [-0.3, -0.25) is 4.99 Å². The summed E-state index contributed by atoms with van der Waals surface area (Å²) in [6, 6.07) is 12.2. The molecule has 5 heteroatoms. The summed E-state index contributed by atoms with van der Waals surface area (Å²) in [4.78, 5) is 9.07. The lowest BCUT2D eigenvalue weighted by Crippen LogP contribution is -2.14. The van der Waals surface area contributed by atoms with Crippen molar-refractivity contribution in [2.24, 2.45) is 15.4 Å². The number of hydrogen-bond donors (Lipinski definition) is 0. The summed E-state index contributed by atoms with van der Waals surface area (Å²) in [5, 5.41) is 0. The maximum Gasteiger partial charge on any atom is 0.212 e. The van der Waals surface area contributed by atoms with Crippen molar-refractivity contribution in [3.8, 4) is 0 Å². The van der Waals surface area contributed by atoms with Crippen LogP contribution in [0.2, 0.25) is 0 Å². The summed E-state index contributed by atoms with van der Waals surface area (Å²) in [6.45, 7) is 7.00. The molecule has 0 radical (unpaired) electrons. The van der Waals surface area contributed by atoms with E-state index in [9.17, 15) is 8.78 Å². The van der Waals surface area contributed by atoms with Crippen molar-refractivity contribution in [3.05, 3.63) is 88.8 Å². The first-order valence-corrected chi connectivity index (χ1v) is 11.5. The molecule has 0 fully saturated rings. The van der Waals surface area contributed by atoms with Gasteiger partial charge >= 0.3 is 0 Å². The number of benzene rings is 2. The lowest BCUT2D eigenvalue weighted by molar-refractivity contribution is 0.126. The Kier molecular flexibility index (Phi) is 6.87. The van der Waals surface area contributed by atoms with Gasteiger partial charge in [-0.2, -0.15) is 0 Å². The first-order valence-electron chi connectivity index (χ1n) is 11.5. The topological polar surface area (TPSA) is 34.0 Å². The van der Waals surface area contributed by atoms with Gasteiger partial charge in [-0.1, -0.05) is 57.2 Å². The van der Waals surface area contributed by atoms with E-state index in [0.717, 1.165) is 30.4 Å². The van der Waals surface area contributed by atoms with Crippen LogP contribution in [-0.2, 0) is 4.74 Å². The molecule has 2 aliphatic rings. The minimum Gasteiger partial charge on any atom is -0.477 e. The zero-order valence-corrected chi connectivity index (χ0v) is 19.4. The second-order valence-corrected chi connectivity index (χ2v) is 9.75. The van der Waals surface area contributed by atoms with Crippen LogP contribution >= 0.6 is 0 Å². The minimum absolute atomic E-state index is 0.00855. The van der Waals surface area contributed by atoms with E-state index in [-0.39, 0.29) is 17.0 Å². The number of halogens is 2. The molecule has 1 atom stereocenters. The van der Waals surface area contributed by atoms with Crippen molar-refractivity contribution in [3.63, 3.8) is 0 Å². The van der Waals surface area contributed by atoms with Gasteiger partial charge < -0.3 is 4.74 Å². The first kappa shape index (κ1) is 23.1. The van der Waals surface area contributed by atoms with Gasteiger partial charge in [0.25, 0.3) is 0 Å². The van der Waals surface area contributed by atoms with Crippen molar-refractivity contribution in [2.75, 3.05) is 6.61 Å². The fourth-order valence-corrected chi connectivity index (χ4v) is 4.00. The molecule has 33 heavy (non-hydrogen) atoms. The molecule has 0 amide bonds. The van der Waals surface area contributed by atoms with Gasteiger partial charge in [0.05, 0.1) is 18.2 Å². The molecule has 0 N–H and O–H groups in total. The number of ether oxygens (including phenoxy) is 1. The van der Waals surface area contributed by atoms with Gasteiger partial charge in [0.2, 0.25) is 5.88 Å². The molecule has 2 aliphatic heterocycles. The summed E-state index contributed by atoms with van der Waals surface area (Å²) < 4.78 is 34.1. The van der Waals surface area contributed by atoms with Crippen LogP contribution in [0, 0.1) is 17.0 Å². The van der Waals surface area contributed by atoms with E-state index in [1.54, 1.807) is 0 Å². The molecule has 2 aromatic carbocycles. The van der Waals surface area contributed by atoms with Gasteiger partial charge in [-0.05, 0) is 59.9 Å². The van der Waals surface area contributed by atoms with Crippen LogP contribution in [-0.4, -0.2) is 18.5 Å². The summed E-state index contributed by atoms with van der Waals surface area (Å²) in [5.74, 6) is -0.473. The Morgan fingerprint density at radius 1 is 0.970 bits per heavy atom. The lowest BCUT2D eigenvalue weighted by Gasteiger charge is -2.19. The zero-order chi connectivity index (χ0) is 23.4. The number of hydrogen-bond acceptors (Lipinski definition) is 3. The Morgan fingerprint density at radius 2 is 1.70 bits per heavy atom. The molecule has 0 saturated heterocycles. The number of nitrogens with zero attached hydrogens (tertiary/aromatic N) is 2. The third-order valence-electron chi connectivity index (χ3n) is 5.73. The van der Waals surface area contributed by atoms with E-state index in [0.29, 0.717) is 24.6 Å². The number of aliphatic imine (C=N–C) groups is 2. The molecule has 1 unspecified atom stereocenters. The van der Waals surface area contributed by atoms with Gasteiger partial charge in [0, 0.05) is 18.0 Å². The third-order valence-corrected chi connectivity index (χ3v) is 5.73. The van der Waals surface area contributed by atoms with E-state index >= 15 is 0 Å². The molecule has 0 aliphatic carbocycles.